The van der Waals surface area contributed by atoms with E-state index in [1.807, 2.05) is 17.0 Å². The summed E-state index contributed by atoms with van der Waals surface area (Å²) in [7, 11) is 0. The summed E-state index contributed by atoms with van der Waals surface area (Å²) in [6.07, 6.45) is 5.01. The molecule has 1 aliphatic carbocycles. The number of fused-ring (bicyclic) bond motifs is 1. The molecular weight excluding hydrogens is 394 g/mol. The van der Waals surface area contributed by atoms with Crippen molar-refractivity contribution in [2.75, 3.05) is 18.1 Å². The molecule has 2 heterocycles. The molecule has 5 rings (SSSR count). The van der Waals surface area contributed by atoms with Gasteiger partial charge in [0, 0.05) is 16.8 Å². The molecule has 0 radical (unpaired) electrons. The van der Waals surface area contributed by atoms with E-state index >= 15 is 0 Å². The second kappa shape index (κ2) is 7.61. The first kappa shape index (κ1) is 19.4. The van der Waals surface area contributed by atoms with Crippen LogP contribution in [0.5, 0.6) is 11.5 Å². The number of ketones is 1. The third kappa shape index (κ3) is 3.48. The molecule has 8 heteroatoms. The normalized spacial score (nSPS) is 19.5. The number of nitrogens with zero attached hydrogens (tertiary/aromatic N) is 3. The summed E-state index contributed by atoms with van der Waals surface area (Å²) < 4.78 is 11.1. The Kier molecular flexibility index (Phi) is 4.77. The zero-order chi connectivity index (χ0) is 21.4. The van der Waals surface area contributed by atoms with Crippen molar-refractivity contribution >= 4 is 23.4 Å². The van der Waals surface area contributed by atoms with Gasteiger partial charge >= 0.3 is 0 Å². The van der Waals surface area contributed by atoms with Crippen molar-refractivity contribution in [1.82, 2.24) is 0 Å². The van der Waals surface area contributed by atoms with Crippen LogP contribution < -0.4 is 25.8 Å². The van der Waals surface area contributed by atoms with E-state index in [0.29, 0.717) is 41.8 Å². The van der Waals surface area contributed by atoms with Crippen molar-refractivity contribution in [3.63, 3.8) is 0 Å². The molecule has 0 atom stereocenters. The molecule has 0 amide bonds. The molecular formula is C23H25N5O3. The van der Waals surface area contributed by atoms with E-state index in [-0.39, 0.29) is 11.7 Å². The summed E-state index contributed by atoms with van der Waals surface area (Å²) in [6.45, 7) is 0.995. The number of guanidine groups is 2. The maximum absolute atomic E-state index is 13.0. The van der Waals surface area contributed by atoms with Gasteiger partial charge in [0.1, 0.15) is 18.9 Å². The third-order valence-corrected chi connectivity index (χ3v) is 6.04. The average Bonchev–Trinajstić information content (AvgIpc) is 2.78. The molecule has 1 saturated carbocycles. The van der Waals surface area contributed by atoms with Gasteiger partial charge in [-0.3, -0.25) is 9.69 Å². The number of carbonyl (C=O) groups is 1. The second-order valence-corrected chi connectivity index (χ2v) is 8.05. The molecule has 0 aromatic heterocycles. The monoisotopic (exact) mass is 419 g/mol. The maximum atomic E-state index is 13.0. The molecule has 2 aromatic carbocycles. The molecule has 4 N–H and O–H groups in total. The fraction of sp³-hybridized carbons (Fsp3) is 0.348. The quantitative estimate of drug-likeness (QED) is 0.739. The smallest absolute Gasteiger partial charge is 0.220 e. The zero-order valence-electron chi connectivity index (χ0n) is 17.2. The fourth-order valence-electron chi connectivity index (χ4n) is 4.61. The van der Waals surface area contributed by atoms with Gasteiger partial charge in [0.05, 0.1) is 0 Å². The molecule has 160 valence electrons. The first-order valence-corrected chi connectivity index (χ1v) is 10.6. The minimum absolute atomic E-state index is 0.0848. The predicted octanol–water partition coefficient (Wildman–Crippen LogP) is 2.80. The number of hydrogen-bond donors (Lipinski definition) is 2. The molecule has 0 bridgehead atoms. The maximum Gasteiger partial charge on any atom is 0.220 e. The molecule has 2 aliphatic heterocycles. The first-order valence-electron chi connectivity index (χ1n) is 10.6. The third-order valence-electron chi connectivity index (χ3n) is 6.04. The van der Waals surface area contributed by atoms with Crippen LogP contribution in [0.15, 0.2) is 52.4 Å². The van der Waals surface area contributed by atoms with Crippen molar-refractivity contribution in [2.45, 2.75) is 37.8 Å². The Bertz CT molecular complexity index is 1070. The van der Waals surface area contributed by atoms with Gasteiger partial charge in [-0.25, -0.2) is 4.99 Å². The van der Waals surface area contributed by atoms with E-state index in [9.17, 15) is 4.79 Å². The number of aliphatic imine (C=N–C) groups is 2. The summed E-state index contributed by atoms with van der Waals surface area (Å²) in [5.74, 6) is 1.73. The average molecular weight is 419 g/mol. The molecule has 0 unspecified atom stereocenters. The number of carbonyl (C=O) groups excluding carboxylic acids is 1. The van der Waals surface area contributed by atoms with Crippen LogP contribution in [-0.4, -0.2) is 36.6 Å². The van der Waals surface area contributed by atoms with E-state index in [4.69, 9.17) is 20.9 Å². The lowest BCUT2D eigenvalue weighted by molar-refractivity contribution is 0.103. The minimum atomic E-state index is -0.504. The Morgan fingerprint density at radius 1 is 0.903 bits per heavy atom. The van der Waals surface area contributed by atoms with Crippen molar-refractivity contribution in [1.29, 1.82) is 0 Å². The summed E-state index contributed by atoms with van der Waals surface area (Å²) in [4.78, 5) is 23.9. The Balaban J connectivity index is 1.43. The largest absolute Gasteiger partial charge is 0.486 e. The Hall–Kier alpha value is -3.55. The van der Waals surface area contributed by atoms with Crippen LogP contribution in [0.1, 0.15) is 48.0 Å². The highest BCUT2D eigenvalue weighted by Gasteiger charge is 2.42. The Labute approximate surface area is 180 Å². The molecule has 3 aliphatic rings. The van der Waals surface area contributed by atoms with Crippen molar-refractivity contribution < 1.29 is 14.3 Å². The number of hydrogen-bond acceptors (Lipinski definition) is 8. The van der Waals surface area contributed by atoms with Crippen LogP contribution in [0.3, 0.4) is 0 Å². The molecule has 1 spiro atoms. The van der Waals surface area contributed by atoms with Gasteiger partial charge < -0.3 is 20.9 Å². The van der Waals surface area contributed by atoms with Gasteiger partial charge in [0.2, 0.25) is 11.9 Å². The van der Waals surface area contributed by atoms with Gasteiger partial charge in [-0.05, 0) is 68.1 Å². The summed E-state index contributed by atoms with van der Waals surface area (Å²) in [6, 6.07) is 12.7. The second-order valence-electron chi connectivity index (χ2n) is 8.05. The van der Waals surface area contributed by atoms with Crippen LogP contribution in [-0.2, 0) is 0 Å². The van der Waals surface area contributed by atoms with E-state index < -0.39 is 5.66 Å². The molecule has 2 aromatic rings. The SMILES string of the molecule is NC1=NC2(CCCCC2)N(c2ccc(C(=O)c3ccc4c(c3)OCCO4)cc2)C(N)=N1. The number of nitrogens with two attached hydrogens (primary N) is 2. The molecule has 1 fully saturated rings. The summed E-state index contributed by atoms with van der Waals surface area (Å²) in [5, 5.41) is 0. The minimum Gasteiger partial charge on any atom is -0.486 e. The van der Waals surface area contributed by atoms with E-state index in [1.54, 1.807) is 30.3 Å². The van der Waals surface area contributed by atoms with Crippen LogP contribution >= 0.6 is 0 Å². The molecule has 0 saturated heterocycles. The Morgan fingerprint density at radius 3 is 2.32 bits per heavy atom. The van der Waals surface area contributed by atoms with Gasteiger partial charge in [-0.2, -0.15) is 4.99 Å². The van der Waals surface area contributed by atoms with E-state index in [1.165, 1.54) is 6.42 Å². The van der Waals surface area contributed by atoms with Crippen molar-refractivity contribution in [3.8, 4) is 11.5 Å². The highest BCUT2D eigenvalue weighted by Crippen LogP contribution is 2.39. The van der Waals surface area contributed by atoms with E-state index in [0.717, 1.165) is 31.4 Å². The lowest BCUT2D eigenvalue weighted by Gasteiger charge is -2.45. The lowest BCUT2D eigenvalue weighted by atomic mass is 9.87. The predicted molar refractivity (Wildman–Crippen MR) is 119 cm³/mol. The summed E-state index contributed by atoms with van der Waals surface area (Å²) in [5.41, 5.74) is 13.7. The fourth-order valence-corrected chi connectivity index (χ4v) is 4.61. The lowest BCUT2D eigenvalue weighted by Crippen LogP contribution is -2.58. The van der Waals surface area contributed by atoms with Crippen LogP contribution in [0.25, 0.3) is 0 Å². The van der Waals surface area contributed by atoms with Crippen LogP contribution in [0, 0.1) is 0 Å². The first-order chi connectivity index (χ1) is 15.1. The number of rotatable bonds is 3. The standard InChI is InChI=1S/C23H25N5O3/c24-21-26-22(25)28(23(27-21)10-2-1-3-11-23)17-7-4-15(5-8-17)20(29)16-6-9-18-19(14-16)31-13-12-30-18/h4-9,14H,1-3,10-13H2,(H4,24,25,26,27). The zero-order valence-corrected chi connectivity index (χ0v) is 17.2. The Morgan fingerprint density at radius 2 is 1.58 bits per heavy atom. The molecule has 8 nitrogen and oxygen atoms in total. The van der Waals surface area contributed by atoms with Gasteiger partial charge in [0.15, 0.2) is 17.3 Å². The summed E-state index contributed by atoms with van der Waals surface area (Å²) >= 11 is 0. The van der Waals surface area contributed by atoms with Crippen molar-refractivity contribution in [3.05, 3.63) is 53.6 Å². The molecule has 31 heavy (non-hydrogen) atoms. The van der Waals surface area contributed by atoms with Gasteiger partial charge in [-0.15, -0.1) is 0 Å². The highest BCUT2D eigenvalue weighted by atomic mass is 16.6. The van der Waals surface area contributed by atoms with Gasteiger partial charge in [-0.1, -0.05) is 6.42 Å². The van der Waals surface area contributed by atoms with Crippen LogP contribution in [0.2, 0.25) is 0 Å². The topological polar surface area (TPSA) is 116 Å². The van der Waals surface area contributed by atoms with Crippen molar-refractivity contribution in [2.24, 2.45) is 21.5 Å². The number of benzene rings is 2. The number of anilines is 1. The van der Waals surface area contributed by atoms with Crippen LogP contribution in [0.4, 0.5) is 5.69 Å². The highest BCUT2D eigenvalue weighted by molar-refractivity contribution is 6.10. The van der Waals surface area contributed by atoms with E-state index in [2.05, 4.69) is 9.98 Å². The number of ether oxygens (including phenoxy) is 2. The van der Waals surface area contributed by atoms with Gasteiger partial charge in [0.25, 0.3) is 0 Å².